The van der Waals surface area contributed by atoms with Crippen LogP contribution in [0, 0.1) is 17.7 Å². The van der Waals surface area contributed by atoms with Crippen LogP contribution in [0.15, 0.2) is 95.8 Å². The van der Waals surface area contributed by atoms with Crippen LogP contribution in [-0.2, 0) is 52.8 Å². The number of hydrogen-bond acceptors (Lipinski definition) is 13. The van der Waals surface area contributed by atoms with Crippen molar-refractivity contribution in [1.29, 1.82) is 0 Å². The van der Waals surface area contributed by atoms with Crippen LogP contribution in [0.4, 0.5) is 9.18 Å². The SMILES string of the molecule is CC(C)CC(NC(=O)C(CCc1ccccc1)NC(=O)CCOC(=O)N1CCN(Cc2ccc(-n3c(-c4cc(C(C)C)c(O)cc4O)n[nH]c3=O)cc2F)CC1)C(=O)NC(Cc1ccccc1)C(=O)NC(CC(C)C)C(=O)C1(C)CO1. The van der Waals surface area contributed by atoms with E-state index in [0.29, 0.717) is 37.1 Å². The van der Waals surface area contributed by atoms with Gasteiger partial charge >= 0.3 is 11.8 Å². The lowest BCUT2D eigenvalue weighted by Gasteiger charge is -2.34. The maximum atomic E-state index is 15.8. The van der Waals surface area contributed by atoms with Gasteiger partial charge in [0.1, 0.15) is 47.6 Å². The minimum Gasteiger partial charge on any atom is -0.508 e. The Bertz CT molecular complexity index is 3060. The first kappa shape index (κ1) is 60.7. The monoisotopic (exact) mass is 1120 g/mol. The van der Waals surface area contributed by atoms with Crippen LogP contribution >= 0.6 is 0 Å². The molecule has 0 saturated carbocycles. The van der Waals surface area contributed by atoms with Crippen molar-refractivity contribution in [1.82, 2.24) is 45.8 Å². The van der Waals surface area contributed by atoms with Crippen molar-refractivity contribution < 1.29 is 52.8 Å². The number of benzene rings is 4. The molecular formula is C60H76FN9O11. The molecule has 3 heterocycles. The molecule has 7 rings (SSSR count). The molecule has 2 aliphatic heterocycles. The molecule has 1 aromatic heterocycles. The molecule has 5 atom stereocenters. The predicted octanol–water partition coefficient (Wildman–Crippen LogP) is 5.81. The van der Waals surface area contributed by atoms with Gasteiger partial charge in [0.2, 0.25) is 23.6 Å². The number of phenols is 2. The highest BCUT2D eigenvalue weighted by Gasteiger charge is 2.50. The standard InChI is InChI=1S/C60H76FN9O11/c1-36(2)28-47(53(74)60(7)35-81-60)63-57(77)49(30-40-16-12-9-13-17-40)65-56(76)48(29-37(3)4)64-55(75)46(21-18-39-14-10-8-11-15-39)62-52(73)22-27-80-59(79)69-25-23-68(24-26-69)34-41-19-20-42(31-45(41)61)70-54(66-67-58(70)78)44-32-43(38(5)6)50(71)33-51(44)72/h8-17,19-20,31-33,36-38,46-49,71-72H,18,21-30,34-35H2,1-7H3,(H,62,73)(H,63,77)(H,64,75)(H,65,76)(H,67,78). The summed E-state index contributed by atoms with van der Waals surface area (Å²) in [6.45, 7) is 14.5. The molecule has 5 aromatic rings. The van der Waals surface area contributed by atoms with Crippen molar-refractivity contribution in [2.24, 2.45) is 11.8 Å². The van der Waals surface area contributed by atoms with Crippen molar-refractivity contribution in [2.45, 2.75) is 129 Å². The van der Waals surface area contributed by atoms with E-state index in [1.165, 1.54) is 17.0 Å². The molecule has 0 aliphatic carbocycles. The van der Waals surface area contributed by atoms with Crippen LogP contribution in [0.1, 0.15) is 102 Å². The Hall–Kier alpha value is -7.91. The zero-order valence-electron chi connectivity index (χ0n) is 47.1. The number of halogens is 1. The summed E-state index contributed by atoms with van der Waals surface area (Å²) in [5, 5.41) is 38.9. The van der Waals surface area contributed by atoms with Gasteiger partial charge in [0.05, 0.1) is 30.3 Å². The summed E-state index contributed by atoms with van der Waals surface area (Å²) in [6, 6.07) is 21.4. The molecule has 81 heavy (non-hydrogen) atoms. The molecule has 0 radical (unpaired) electrons. The molecule has 4 aromatic carbocycles. The lowest BCUT2D eigenvalue weighted by atomic mass is 9.93. The zero-order valence-corrected chi connectivity index (χ0v) is 47.1. The molecular weight excluding hydrogens is 1040 g/mol. The Labute approximate surface area is 471 Å². The second-order valence-electron chi connectivity index (χ2n) is 22.3. The van der Waals surface area contributed by atoms with Crippen molar-refractivity contribution in [3.63, 3.8) is 0 Å². The first-order chi connectivity index (χ1) is 38.6. The summed E-state index contributed by atoms with van der Waals surface area (Å²) >= 11 is 0. The smallest absolute Gasteiger partial charge is 0.409 e. The zero-order chi connectivity index (χ0) is 58.5. The van der Waals surface area contributed by atoms with E-state index in [2.05, 4.69) is 31.5 Å². The van der Waals surface area contributed by atoms with Crippen LogP contribution in [0.25, 0.3) is 17.1 Å². The third kappa shape index (κ3) is 16.6. The number of aromatic hydroxyl groups is 2. The van der Waals surface area contributed by atoms with Crippen LogP contribution < -0.4 is 27.0 Å². The van der Waals surface area contributed by atoms with E-state index >= 15 is 4.39 Å². The largest absolute Gasteiger partial charge is 0.508 e. The fourth-order valence-electron chi connectivity index (χ4n) is 9.80. The Balaban J connectivity index is 0.937. The quantitative estimate of drug-likeness (QED) is 0.0323. The number of epoxide rings is 1. The molecule has 2 aliphatic rings. The van der Waals surface area contributed by atoms with Gasteiger partial charge in [-0.15, -0.1) is 0 Å². The third-order valence-corrected chi connectivity index (χ3v) is 14.5. The maximum absolute atomic E-state index is 15.8. The Kier molecular flexibility index (Phi) is 20.6. The van der Waals surface area contributed by atoms with Crippen LogP contribution in [0.2, 0.25) is 0 Å². The second kappa shape index (κ2) is 27.5. The number of Topliss-reactive ketones (excluding diaryl/α,β-unsaturated/α-hetero) is 1. The first-order valence-electron chi connectivity index (χ1n) is 27.7. The highest BCUT2D eigenvalue weighted by molar-refractivity contribution is 5.99. The lowest BCUT2D eigenvalue weighted by molar-refractivity contribution is -0.135. The highest BCUT2D eigenvalue weighted by Crippen LogP contribution is 2.37. The number of amides is 5. The van der Waals surface area contributed by atoms with E-state index in [-0.39, 0.29) is 111 Å². The average molecular weight is 1120 g/mol. The fraction of sp³-hybridized carbons (Fsp3) is 0.467. The maximum Gasteiger partial charge on any atom is 0.409 e. The number of carbonyl (C=O) groups is 6. The number of hydrogen-bond donors (Lipinski definition) is 7. The summed E-state index contributed by atoms with van der Waals surface area (Å²) in [5.41, 5.74) is 1.25. The normalized spacial score (nSPS) is 16.8. The lowest BCUT2D eigenvalue weighted by Crippen LogP contribution is -2.59. The number of aryl methyl sites for hydroxylation is 1. The topological polar surface area (TPSA) is 270 Å². The fourth-order valence-corrected chi connectivity index (χ4v) is 9.80. The minimum absolute atomic E-state index is 0.0336. The number of piperazine rings is 1. The van der Waals surface area contributed by atoms with Gasteiger partial charge in [0, 0.05) is 50.8 Å². The first-order valence-corrected chi connectivity index (χ1v) is 27.7. The molecule has 2 fully saturated rings. The van der Waals surface area contributed by atoms with E-state index < -0.39 is 71.0 Å². The summed E-state index contributed by atoms with van der Waals surface area (Å²) in [6.07, 6.45) is 0.318. The number of aromatic nitrogens is 3. The number of ether oxygens (including phenoxy) is 2. The van der Waals surface area contributed by atoms with Crippen LogP contribution in [0.3, 0.4) is 0 Å². The molecule has 2 saturated heterocycles. The highest BCUT2D eigenvalue weighted by atomic mass is 19.1. The number of H-pyrrole nitrogens is 1. The molecule has 0 bridgehead atoms. The summed E-state index contributed by atoms with van der Waals surface area (Å²) in [5.74, 6) is -3.71. The Morgan fingerprint density at radius 3 is 1.95 bits per heavy atom. The van der Waals surface area contributed by atoms with Gasteiger partial charge in [0.25, 0.3) is 0 Å². The molecule has 20 nitrogen and oxygen atoms in total. The van der Waals surface area contributed by atoms with Gasteiger partial charge in [-0.05, 0) is 85.3 Å². The van der Waals surface area contributed by atoms with Crippen molar-refractivity contribution >= 4 is 35.5 Å². The Morgan fingerprint density at radius 2 is 1.33 bits per heavy atom. The predicted molar refractivity (Wildman–Crippen MR) is 301 cm³/mol. The van der Waals surface area contributed by atoms with Gasteiger partial charge in [-0.25, -0.2) is 23.6 Å². The van der Waals surface area contributed by atoms with Crippen LogP contribution in [-0.4, -0.2) is 139 Å². The Morgan fingerprint density at radius 1 is 0.741 bits per heavy atom. The van der Waals surface area contributed by atoms with Gasteiger partial charge in [-0.2, -0.15) is 5.10 Å². The van der Waals surface area contributed by atoms with Gasteiger partial charge in [-0.3, -0.25) is 28.9 Å². The average Bonchev–Trinajstić information content (AvgIpc) is 4.20. The number of rotatable bonds is 26. The van der Waals surface area contributed by atoms with E-state index in [1.807, 2.05) is 107 Å². The van der Waals surface area contributed by atoms with Gasteiger partial charge in [-0.1, -0.05) is 108 Å². The summed E-state index contributed by atoms with van der Waals surface area (Å²) in [4.78, 5) is 99.4. The number of carbonyl (C=O) groups excluding carboxylic acids is 6. The van der Waals surface area contributed by atoms with E-state index in [1.54, 1.807) is 25.1 Å². The summed E-state index contributed by atoms with van der Waals surface area (Å²) in [7, 11) is 0. The summed E-state index contributed by atoms with van der Waals surface area (Å²) < 4.78 is 27.8. The number of phenolic OH excluding ortho intramolecular Hbond substituents is 2. The van der Waals surface area contributed by atoms with Gasteiger partial charge in [0.15, 0.2) is 11.6 Å². The molecule has 5 amide bonds. The van der Waals surface area contributed by atoms with Crippen molar-refractivity contribution in [3.05, 3.63) is 130 Å². The number of nitrogens with one attached hydrogen (secondary N) is 5. The third-order valence-electron chi connectivity index (χ3n) is 14.5. The van der Waals surface area contributed by atoms with E-state index in [0.717, 1.165) is 15.7 Å². The van der Waals surface area contributed by atoms with Crippen molar-refractivity contribution in [2.75, 3.05) is 39.4 Å². The number of ketones is 1. The number of aromatic amines is 1. The van der Waals surface area contributed by atoms with Crippen LogP contribution in [0.5, 0.6) is 11.5 Å². The van der Waals surface area contributed by atoms with E-state index in [4.69, 9.17) is 9.47 Å². The minimum atomic E-state index is -1.12. The molecule has 0 spiro atoms. The number of nitrogens with zero attached hydrogens (tertiary/aromatic N) is 4. The molecule has 434 valence electrons. The molecule has 5 unspecified atom stereocenters. The molecule has 7 N–H and O–H groups in total. The van der Waals surface area contributed by atoms with E-state index in [9.17, 15) is 43.8 Å². The second-order valence-corrected chi connectivity index (χ2v) is 22.3. The van der Waals surface area contributed by atoms with Gasteiger partial charge < -0.3 is 45.9 Å². The molecule has 21 heteroatoms. The van der Waals surface area contributed by atoms with Crippen molar-refractivity contribution in [3.8, 4) is 28.6 Å².